The van der Waals surface area contributed by atoms with Crippen LogP contribution in [0.5, 0.6) is 5.75 Å². The number of rotatable bonds is 8. The minimum atomic E-state index is -0.805. The molecule has 3 rings (SSSR count). The number of aliphatic hydroxyl groups is 1. The van der Waals surface area contributed by atoms with Gasteiger partial charge >= 0.3 is 11.8 Å². The lowest BCUT2D eigenvalue weighted by Crippen LogP contribution is -2.35. The Kier molecular flexibility index (Phi) is 8.18. The molecule has 0 bridgehead atoms. The summed E-state index contributed by atoms with van der Waals surface area (Å²) >= 11 is 0. The summed E-state index contributed by atoms with van der Waals surface area (Å²) in [5, 5.41) is 14.7. The van der Waals surface area contributed by atoms with Gasteiger partial charge in [-0.3, -0.25) is 19.3 Å². The highest BCUT2D eigenvalue weighted by atomic mass is 16.5. The van der Waals surface area contributed by atoms with Gasteiger partial charge in [-0.15, -0.1) is 0 Å². The molecule has 9 heteroatoms. The molecule has 2 aromatic carbocycles. The molecule has 0 radical (unpaired) electrons. The van der Waals surface area contributed by atoms with E-state index in [4.69, 9.17) is 10.5 Å². The van der Waals surface area contributed by atoms with Crippen LogP contribution in [0.2, 0.25) is 0 Å². The van der Waals surface area contributed by atoms with E-state index < -0.39 is 17.7 Å². The van der Waals surface area contributed by atoms with Gasteiger partial charge in [-0.05, 0) is 36.1 Å². The molecular weight excluding hydrogens is 412 g/mol. The van der Waals surface area contributed by atoms with E-state index >= 15 is 0 Å². The summed E-state index contributed by atoms with van der Waals surface area (Å²) in [6, 6.07) is 14.2. The number of amides is 3. The number of piperidine rings is 1. The predicted molar refractivity (Wildman–Crippen MR) is 119 cm³/mol. The summed E-state index contributed by atoms with van der Waals surface area (Å²) in [5.41, 5.74) is 7.44. The number of carbonyl (C=O) groups excluding carboxylic acids is 3. The standard InChI is InChI=1S/C23H28N4O5/c24-21(29)15-32-20-3-1-2-18(12-20)26-23(31)22(30)25-13-16-4-6-17(7-5-16)14-27-10-8-19(28)9-11-27/h1-7,12,19,28H,8-11,13-15H2,(H2,24,29)(H,25,30)(H,26,31). The maximum atomic E-state index is 12.1. The van der Waals surface area contributed by atoms with E-state index in [0.29, 0.717) is 11.4 Å². The number of ether oxygens (including phenoxy) is 1. The zero-order chi connectivity index (χ0) is 22.9. The molecule has 0 aromatic heterocycles. The number of nitrogens with zero attached hydrogens (tertiary/aromatic N) is 1. The van der Waals surface area contributed by atoms with Crippen molar-refractivity contribution in [1.82, 2.24) is 10.2 Å². The van der Waals surface area contributed by atoms with E-state index in [-0.39, 0.29) is 19.3 Å². The Hall–Kier alpha value is -3.43. The Balaban J connectivity index is 1.44. The molecule has 1 fully saturated rings. The molecule has 0 unspecified atom stereocenters. The smallest absolute Gasteiger partial charge is 0.313 e. The van der Waals surface area contributed by atoms with Gasteiger partial charge in [-0.25, -0.2) is 0 Å². The van der Waals surface area contributed by atoms with E-state index in [1.807, 2.05) is 24.3 Å². The van der Waals surface area contributed by atoms with Gasteiger partial charge in [0.05, 0.1) is 6.10 Å². The van der Waals surface area contributed by atoms with Gasteiger partial charge in [0, 0.05) is 37.9 Å². The zero-order valence-electron chi connectivity index (χ0n) is 17.8. The van der Waals surface area contributed by atoms with Crippen LogP contribution in [0.4, 0.5) is 5.69 Å². The van der Waals surface area contributed by atoms with Crippen molar-refractivity contribution in [3.05, 3.63) is 59.7 Å². The van der Waals surface area contributed by atoms with E-state index in [2.05, 4.69) is 15.5 Å². The molecule has 2 aromatic rings. The second kappa shape index (κ2) is 11.3. The summed E-state index contributed by atoms with van der Waals surface area (Å²) in [6.07, 6.45) is 1.42. The third-order valence-electron chi connectivity index (χ3n) is 5.12. The third kappa shape index (κ3) is 7.36. The second-order valence-electron chi connectivity index (χ2n) is 7.74. The van der Waals surface area contributed by atoms with Gasteiger partial charge in [-0.2, -0.15) is 0 Å². The van der Waals surface area contributed by atoms with Crippen molar-refractivity contribution in [3.63, 3.8) is 0 Å². The highest BCUT2D eigenvalue weighted by Crippen LogP contribution is 2.17. The predicted octanol–water partition coefficient (Wildman–Crippen LogP) is 0.762. The minimum absolute atomic E-state index is 0.187. The van der Waals surface area contributed by atoms with E-state index in [9.17, 15) is 19.5 Å². The molecule has 0 spiro atoms. The van der Waals surface area contributed by atoms with Gasteiger partial charge in [0.25, 0.3) is 5.91 Å². The van der Waals surface area contributed by atoms with Gasteiger partial charge in [0.15, 0.2) is 6.61 Å². The van der Waals surface area contributed by atoms with Crippen LogP contribution in [0.25, 0.3) is 0 Å². The molecule has 0 saturated carbocycles. The van der Waals surface area contributed by atoms with Crippen LogP contribution in [0.1, 0.15) is 24.0 Å². The molecule has 9 nitrogen and oxygen atoms in total. The highest BCUT2D eigenvalue weighted by molar-refractivity contribution is 6.39. The number of benzene rings is 2. The minimum Gasteiger partial charge on any atom is -0.484 e. The Bertz CT molecular complexity index is 940. The van der Waals surface area contributed by atoms with Crippen molar-refractivity contribution in [1.29, 1.82) is 0 Å². The number of aliphatic hydroxyl groups excluding tert-OH is 1. The van der Waals surface area contributed by atoms with Gasteiger partial charge in [0.1, 0.15) is 5.75 Å². The number of anilines is 1. The monoisotopic (exact) mass is 440 g/mol. The number of likely N-dealkylation sites (tertiary alicyclic amines) is 1. The molecule has 1 heterocycles. The molecule has 1 aliphatic rings. The second-order valence-corrected chi connectivity index (χ2v) is 7.74. The molecule has 1 aliphatic heterocycles. The first-order valence-electron chi connectivity index (χ1n) is 10.5. The van der Waals surface area contributed by atoms with Crippen LogP contribution in [0.15, 0.2) is 48.5 Å². The maximum absolute atomic E-state index is 12.1. The molecule has 0 aliphatic carbocycles. The van der Waals surface area contributed by atoms with Crippen LogP contribution in [0.3, 0.4) is 0 Å². The number of carbonyl (C=O) groups is 3. The fourth-order valence-corrected chi connectivity index (χ4v) is 3.37. The largest absolute Gasteiger partial charge is 0.484 e. The Morgan fingerprint density at radius 2 is 1.72 bits per heavy atom. The quantitative estimate of drug-likeness (QED) is 0.448. The molecule has 32 heavy (non-hydrogen) atoms. The van der Waals surface area contributed by atoms with Crippen molar-refractivity contribution < 1.29 is 24.2 Å². The van der Waals surface area contributed by atoms with Crippen LogP contribution in [0, 0.1) is 0 Å². The third-order valence-corrected chi connectivity index (χ3v) is 5.12. The molecule has 170 valence electrons. The number of primary amides is 1. The molecule has 5 N–H and O–H groups in total. The first-order valence-corrected chi connectivity index (χ1v) is 10.5. The van der Waals surface area contributed by atoms with E-state index in [0.717, 1.165) is 43.6 Å². The lowest BCUT2D eigenvalue weighted by Gasteiger charge is -2.29. The van der Waals surface area contributed by atoms with E-state index in [1.54, 1.807) is 18.2 Å². The first kappa shape index (κ1) is 23.2. The Labute approximate surface area is 186 Å². The molecule has 0 atom stereocenters. The van der Waals surface area contributed by atoms with Crippen LogP contribution >= 0.6 is 0 Å². The Morgan fingerprint density at radius 1 is 1.03 bits per heavy atom. The van der Waals surface area contributed by atoms with Crippen molar-refractivity contribution in [2.75, 3.05) is 25.0 Å². The maximum Gasteiger partial charge on any atom is 0.313 e. The number of nitrogens with two attached hydrogens (primary N) is 1. The lowest BCUT2D eigenvalue weighted by molar-refractivity contribution is -0.136. The van der Waals surface area contributed by atoms with Crippen molar-refractivity contribution in [2.45, 2.75) is 32.0 Å². The topological polar surface area (TPSA) is 134 Å². The summed E-state index contributed by atoms with van der Waals surface area (Å²) in [7, 11) is 0. The molecule has 1 saturated heterocycles. The van der Waals surface area contributed by atoms with Crippen molar-refractivity contribution in [2.24, 2.45) is 5.73 Å². The number of hydrogen-bond donors (Lipinski definition) is 4. The summed E-state index contributed by atoms with van der Waals surface area (Å²) in [6.45, 7) is 2.54. The Morgan fingerprint density at radius 3 is 2.41 bits per heavy atom. The average Bonchev–Trinajstić information content (AvgIpc) is 2.79. The molecular formula is C23H28N4O5. The van der Waals surface area contributed by atoms with Gasteiger partial charge in [-0.1, -0.05) is 30.3 Å². The lowest BCUT2D eigenvalue weighted by atomic mass is 10.1. The highest BCUT2D eigenvalue weighted by Gasteiger charge is 2.17. The summed E-state index contributed by atoms with van der Waals surface area (Å²) < 4.78 is 5.18. The normalized spacial score (nSPS) is 14.5. The molecule has 3 amide bonds. The fourth-order valence-electron chi connectivity index (χ4n) is 3.37. The summed E-state index contributed by atoms with van der Waals surface area (Å²) in [5.74, 6) is -1.83. The van der Waals surface area contributed by atoms with Crippen LogP contribution in [-0.4, -0.2) is 53.5 Å². The SMILES string of the molecule is NC(=O)COc1cccc(NC(=O)C(=O)NCc2ccc(CN3CCC(O)CC3)cc2)c1. The van der Waals surface area contributed by atoms with Gasteiger partial charge < -0.3 is 26.2 Å². The van der Waals surface area contributed by atoms with E-state index in [1.165, 1.54) is 6.07 Å². The number of hydrogen-bond acceptors (Lipinski definition) is 6. The van der Waals surface area contributed by atoms with Crippen LogP contribution in [-0.2, 0) is 27.5 Å². The van der Waals surface area contributed by atoms with Gasteiger partial charge in [0.2, 0.25) is 0 Å². The fraction of sp³-hybridized carbons (Fsp3) is 0.348. The number of nitrogens with one attached hydrogen (secondary N) is 2. The van der Waals surface area contributed by atoms with Crippen molar-refractivity contribution >= 4 is 23.4 Å². The van der Waals surface area contributed by atoms with Crippen LogP contribution < -0.4 is 21.1 Å². The zero-order valence-corrected chi connectivity index (χ0v) is 17.8. The van der Waals surface area contributed by atoms with Crippen molar-refractivity contribution in [3.8, 4) is 5.75 Å². The average molecular weight is 441 g/mol. The summed E-state index contributed by atoms with van der Waals surface area (Å²) in [4.78, 5) is 37.4. The first-order chi connectivity index (χ1) is 15.4.